The van der Waals surface area contributed by atoms with Gasteiger partial charge in [-0.25, -0.2) is 0 Å². The molecule has 0 bridgehead atoms. The highest BCUT2D eigenvalue weighted by molar-refractivity contribution is 6.46. The van der Waals surface area contributed by atoms with E-state index in [-0.39, 0.29) is 24.5 Å². The van der Waals surface area contributed by atoms with Gasteiger partial charge in [-0.1, -0.05) is 12.1 Å². The van der Waals surface area contributed by atoms with Gasteiger partial charge in [-0.2, -0.15) is 0 Å². The number of aliphatic hydroxyl groups is 1. The lowest BCUT2D eigenvalue weighted by molar-refractivity contribution is -0.140. The quantitative estimate of drug-likeness (QED) is 0.213. The summed E-state index contributed by atoms with van der Waals surface area (Å²) in [6, 6.07) is 10.2. The Labute approximate surface area is 191 Å². The normalized spacial score (nSPS) is 17.2. The first-order chi connectivity index (χ1) is 15.8. The van der Waals surface area contributed by atoms with Crippen molar-refractivity contribution in [2.75, 3.05) is 34.5 Å². The van der Waals surface area contributed by atoms with E-state index in [1.54, 1.807) is 36.4 Å². The zero-order valence-electron chi connectivity index (χ0n) is 18.8. The summed E-state index contributed by atoms with van der Waals surface area (Å²) in [4.78, 5) is 38.4. The topological polar surface area (TPSA) is 112 Å². The zero-order valence-corrected chi connectivity index (χ0v) is 18.8. The fraction of sp³-hybridized carbons (Fsp3) is 0.292. The number of Topliss-reactive ketones (excluding diaryl/α,β-unsaturated/α-hetero) is 1. The predicted octanol–water partition coefficient (Wildman–Crippen LogP) is 2.70. The Hall–Kier alpha value is -3.85. The summed E-state index contributed by atoms with van der Waals surface area (Å²) in [5.41, 5.74) is 0.783. The maximum atomic E-state index is 13.0. The zero-order chi connectivity index (χ0) is 24.1. The smallest absolute Gasteiger partial charge is 0.308 e. The molecule has 9 nitrogen and oxygen atoms in total. The van der Waals surface area contributed by atoms with E-state index >= 15 is 0 Å². The number of benzene rings is 2. The molecule has 0 saturated carbocycles. The first-order valence-electron chi connectivity index (χ1n) is 10.1. The second-order valence-electron chi connectivity index (χ2n) is 7.22. The van der Waals surface area contributed by atoms with Gasteiger partial charge in [-0.3, -0.25) is 14.4 Å². The Kier molecular flexibility index (Phi) is 7.34. The molecule has 1 unspecified atom stereocenters. The lowest BCUT2D eigenvalue weighted by atomic mass is 9.95. The van der Waals surface area contributed by atoms with Crippen molar-refractivity contribution in [1.82, 2.24) is 4.90 Å². The number of carbonyl (C=O) groups is 3. The van der Waals surface area contributed by atoms with Crippen LogP contribution in [0.2, 0.25) is 0 Å². The monoisotopic (exact) mass is 455 g/mol. The van der Waals surface area contributed by atoms with Crippen LogP contribution in [0.15, 0.2) is 48.0 Å². The summed E-state index contributed by atoms with van der Waals surface area (Å²) in [6.45, 7) is 1.63. The number of esters is 1. The summed E-state index contributed by atoms with van der Waals surface area (Å²) in [6.07, 6.45) is 0. The summed E-state index contributed by atoms with van der Waals surface area (Å²) in [5.74, 6) is -1.24. The Morgan fingerprint density at radius 2 is 1.67 bits per heavy atom. The maximum absolute atomic E-state index is 13.0. The van der Waals surface area contributed by atoms with E-state index in [0.29, 0.717) is 28.4 Å². The number of nitrogens with zero attached hydrogens (tertiary/aromatic N) is 1. The van der Waals surface area contributed by atoms with Crippen molar-refractivity contribution in [3.8, 4) is 17.2 Å². The van der Waals surface area contributed by atoms with E-state index in [2.05, 4.69) is 0 Å². The van der Waals surface area contributed by atoms with Gasteiger partial charge < -0.3 is 29.0 Å². The van der Waals surface area contributed by atoms with E-state index in [1.165, 1.54) is 39.2 Å². The highest BCUT2D eigenvalue weighted by Gasteiger charge is 2.45. The van der Waals surface area contributed by atoms with Crippen molar-refractivity contribution >= 4 is 23.4 Å². The van der Waals surface area contributed by atoms with E-state index in [1.807, 2.05) is 0 Å². The highest BCUT2D eigenvalue weighted by Crippen LogP contribution is 2.40. The van der Waals surface area contributed by atoms with Crippen LogP contribution in [0.1, 0.15) is 24.1 Å². The molecule has 3 rings (SSSR count). The van der Waals surface area contributed by atoms with Crippen molar-refractivity contribution in [3.63, 3.8) is 0 Å². The highest BCUT2D eigenvalue weighted by atomic mass is 16.5. The van der Waals surface area contributed by atoms with Crippen LogP contribution in [0, 0.1) is 0 Å². The molecule has 174 valence electrons. The Bertz CT molecular complexity index is 1090. The molecule has 2 aromatic rings. The Balaban J connectivity index is 2.13. The van der Waals surface area contributed by atoms with Crippen LogP contribution >= 0.6 is 0 Å². The predicted molar refractivity (Wildman–Crippen MR) is 118 cm³/mol. The van der Waals surface area contributed by atoms with Crippen molar-refractivity contribution in [2.45, 2.75) is 13.0 Å². The van der Waals surface area contributed by atoms with Crippen LogP contribution in [0.3, 0.4) is 0 Å². The standard InChI is InChI=1S/C24H25NO8/c1-14(26)33-17-8-5-15(6-9-17)21-20(23(28)24(29)25(21)11-12-30-2)22(27)16-7-10-18(31-3)19(13-16)32-4/h5-10,13,21,27H,11-12H2,1-4H3/b22-20-. The molecule has 0 aliphatic carbocycles. The van der Waals surface area contributed by atoms with Crippen molar-refractivity contribution < 1.29 is 38.4 Å². The van der Waals surface area contributed by atoms with Crippen LogP contribution in [-0.2, 0) is 19.1 Å². The second-order valence-corrected chi connectivity index (χ2v) is 7.22. The number of methoxy groups -OCH3 is 3. The number of amides is 1. The number of carbonyl (C=O) groups excluding carboxylic acids is 3. The van der Waals surface area contributed by atoms with Crippen molar-refractivity contribution in [1.29, 1.82) is 0 Å². The summed E-state index contributed by atoms with van der Waals surface area (Å²) < 4.78 is 20.7. The fourth-order valence-corrected chi connectivity index (χ4v) is 3.67. The van der Waals surface area contributed by atoms with Gasteiger partial charge in [-0.15, -0.1) is 0 Å². The molecule has 1 aliphatic heterocycles. The fourth-order valence-electron chi connectivity index (χ4n) is 3.67. The molecule has 0 radical (unpaired) electrons. The first-order valence-corrected chi connectivity index (χ1v) is 10.1. The minimum absolute atomic E-state index is 0.0661. The van der Waals surface area contributed by atoms with Crippen molar-refractivity contribution in [3.05, 3.63) is 59.2 Å². The van der Waals surface area contributed by atoms with Gasteiger partial charge in [0, 0.05) is 26.1 Å². The van der Waals surface area contributed by atoms with Crippen LogP contribution in [0.4, 0.5) is 0 Å². The number of hydrogen-bond donors (Lipinski definition) is 1. The average Bonchev–Trinajstić information content (AvgIpc) is 3.06. The molecule has 1 fully saturated rings. The summed E-state index contributed by atoms with van der Waals surface area (Å²) in [5, 5.41) is 11.1. The first kappa shape index (κ1) is 23.8. The summed E-state index contributed by atoms with van der Waals surface area (Å²) in [7, 11) is 4.43. The molecule has 9 heteroatoms. The molecule has 1 N–H and O–H groups in total. The minimum atomic E-state index is -0.861. The SMILES string of the molecule is COCCN1C(=O)C(=O)/C(=C(\O)c2ccc(OC)c(OC)c2)C1c1ccc(OC(C)=O)cc1. The van der Waals surface area contributed by atoms with E-state index in [4.69, 9.17) is 18.9 Å². The van der Waals surface area contributed by atoms with Gasteiger partial charge in [0.15, 0.2) is 11.5 Å². The molecule has 1 amide bonds. The lowest BCUT2D eigenvalue weighted by Gasteiger charge is -2.25. The van der Waals surface area contributed by atoms with Gasteiger partial charge in [-0.05, 0) is 35.9 Å². The van der Waals surface area contributed by atoms with Gasteiger partial charge in [0.2, 0.25) is 0 Å². The van der Waals surface area contributed by atoms with E-state index in [9.17, 15) is 19.5 Å². The molecule has 1 saturated heterocycles. The number of likely N-dealkylation sites (tertiary alicyclic amines) is 1. The van der Waals surface area contributed by atoms with E-state index in [0.717, 1.165) is 0 Å². The third-order valence-corrected chi connectivity index (χ3v) is 5.19. The molecule has 33 heavy (non-hydrogen) atoms. The molecule has 1 heterocycles. The number of hydrogen-bond acceptors (Lipinski definition) is 8. The lowest BCUT2D eigenvalue weighted by Crippen LogP contribution is -2.32. The molecule has 0 spiro atoms. The maximum Gasteiger partial charge on any atom is 0.308 e. The molecular weight excluding hydrogens is 430 g/mol. The van der Waals surface area contributed by atoms with Crippen LogP contribution in [0.5, 0.6) is 17.2 Å². The van der Waals surface area contributed by atoms with Gasteiger partial charge in [0.05, 0.1) is 32.4 Å². The largest absolute Gasteiger partial charge is 0.507 e. The molecule has 1 aliphatic rings. The number of aliphatic hydroxyl groups excluding tert-OH is 1. The van der Waals surface area contributed by atoms with E-state index < -0.39 is 23.7 Å². The minimum Gasteiger partial charge on any atom is -0.507 e. The Morgan fingerprint density at radius 3 is 2.24 bits per heavy atom. The molecule has 2 aromatic carbocycles. The summed E-state index contributed by atoms with van der Waals surface area (Å²) >= 11 is 0. The third-order valence-electron chi connectivity index (χ3n) is 5.19. The third kappa shape index (κ3) is 4.83. The molecular formula is C24H25NO8. The number of ether oxygens (including phenoxy) is 4. The number of ketones is 1. The van der Waals surface area contributed by atoms with Gasteiger partial charge in [0.25, 0.3) is 11.7 Å². The van der Waals surface area contributed by atoms with Crippen LogP contribution in [-0.4, -0.2) is 62.1 Å². The molecule has 1 atom stereocenters. The molecule has 0 aromatic heterocycles. The average molecular weight is 455 g/mol. The number of rotatable bonds is 8. The Morgan fingerprint density at radius 1 is 1.00 bits per heavy atom. The van der Waals surface area contributed by atoms with Crippen LogP contribution in [0.25, 0.3) is 5.76 Å². The second kappa shape index (κ2) is 10.2. The van der Waals surface area contributed by atoms with Gasteiger partial charge in [0.1, 0.15) is 11.5 Å². The van der Waals surface area contributed by atoms with Crippen molar-refractivity contribution in [2.24, 2.45) is 0 Å². The van der Waals surface area contributed by atoms with Crippen LogP contribution < -0.4 is 14.2 Å². The van der Waals surface area contributed by atoms with Gasteiger partial charge >= 0.3 is 5.97 Å².